The second kappa shape index (κ2) is 7.89. The second-order valence-corrected chi connectivity index (χ2v) is 7.41. The molecule has 0 aromatic carbocycles. The summed E-state index contributed by atoms with van der Waals surface area (Å²) in [5.74, 6) is 0.281. The number of hydrogen-bond acceptors (Lipinski definition) is 3. The molecule has 0 N–H and O–H groups in total. The SMILES string of the molecule is CC(C)N1CCN(CCC2CCN(C(C)C)C[C@H]2F)CC1. The van der Waals surface area contributed by atoms with Gasteiger partial charge in [0.05, 0.1) is 0 Å². The summed E-state index contributed by atoms with van der Waals surface area (Å²) in [6.45, 7) is 16.3. The van der Waals surface area contributed by atoms with Crippen molar-refractivity contribution < 1.29 is 4.39 Å². The van der Waals surface area contributed by atoms with Crippen molar-refractivity contribution in [2.75, 3.05) is 45.8 Å². The first-order valence-corrected chi connectivity index (χ1v) is 8.82. The summed E-state index contributed by atoms with van der Waals surface area (Å²) in [7, 11) is 0. The standard InChI is InChI=1S/C17H34FN3/c1-14(2)20-11-9-19(10-12-20)7-5-16-6-8-21(15(3)4)13-17(16)18/h14-17H,5-13H2,1-4H3/t16?,17-/m1/s1. The number of piperidine rings is 1. The molecule has 2 atom stereocenters. The zero-order chi connectivity index (χ0) is 15.4. The third-order valence-electron chi connectivity index (χ3n) is 5.39. The minimum atomic E-state index is -0.627. The summed E-state index contributed by atoms with van der Waals surface area (Å²) in [4.78, 5) is 7.35. The van der Waals surface area contributed by atoms with E-state index in [-0.39, 0.29) is 5.92 Å². The summed E-state index contributed by atoms with van der Waals surface area (Å²) in [5, 5.41) is 0. The van der Waals surface area contributed by atoms with Gasteiger partial charge in [-0.1, -0.05) is 0 Å². The van der Waals surface area contributed by atoms with Crippen molar-refractivity contribution in [2.24, 2.45) is 5.92 Å². The van der Waals surface area contributed by atoms with E-state index in [2.05, 4.69) is 42.4 Å². The van der Waals surface area contributed by atoms with E-state index in [9.17, 15) is 4.39 Å². The van der Waals surface area contributed by atoms with Gasteiger partial charge in [-0.25, -0.2) is 4.39 Å². The Bertz CT molecular complexity index is 300. The van der Waals surface area contributed by atoms with Gasteiger partial charge in [0.2, 0.25) is 0 Å². The molecule has 0 aromatic rings. The van der Waals surface area contributed by atoms with Crippen molar-refractivity contribution in [3.63, 3.8) is 0 Å². The van der Waals surface area contributed by atoms with E-state index in [1.807, 2.05) is 0 Å². The number of hydrogen-bond donors (Lipinski definition) is 0. The van der Waals surface area contributed by atoms with Crippen LogP contribution in [0.15, 0.2) is 0 Å². The Morgan fingerprint density at radius 3 is 2.05 bits per heavy atom. The van der Waals surface area contributed by atoms with Crippen LogP contribution in [-0.2, 0) is 0 Å². The lowest BCUT2D eigenvalue weighted by molar-refractivity contribution is 0.0492. The molecule has 4 heteroatoms. The van der Waals surface area contributed by atoms with E-state index in [1.54, 1.807) is 0 Å². The lowest BCUT2D eigenvalue weighted by Gasteiger charge is -2.39. The van der Waals surface area contributed by atoms with Crippen LogP contribution in [0.3, 0.4) is 0 Å². The number of halogens is 1. The maximum absolute atomic E-state index is 14.3. The smallest absolute Gasteiger partial charge is 0.116 e. The van der Waals surface area contributed by atoms with E-state index in [0.29, 0.717) is 18.6 Å². The molecule has 0 amide bonds. The van der Waals surface area contributed by atoms with Crippen molar-refractivity contribution >= 4 is 0 Å². The van der Waals surface area contributed by atoms with Gasteiger partial charge in [0, 0.05) is 44.8 Å². The molecule has 1 unspecified atom stereocenters. The number of rotatable bonds is 5. The summed E-state index contributed by atoms with van der Waals surface area (Å²) in [6, 6.07) is 1.14. The molecule has 2 fully saturated rings. The Kier molecular flexibility index (Phi) is 6.45. The molecule has 2 aliphatic rings. The Morgan fingerprint density at radius 1 is 0.905 bits per heavy atom. The predicted octanol–water partition coefficient (Wildman–Crippen LogP) is 2.47. The van der Waals surface area contributed by atoms with Crippen LogP contribution in [0.2, 0.25) is 0 Å². The van der Waals surface area contributed by atoms with Crippen LogP contribution in [0.25, 0.3) is 0 Å². The molecule has 2 saturated heterocycles. The quantitative estimate of drug-likeness (QED) is 0.772. The second-order valence-electron chi connectivity index (χ2n) is 7.41. The minimum absolute atomic E-state index is 0.281. The molecular weight excluding hydrogens is 265 g/mol. The molecule has 0 saturated carbocycles. The molecule has 0 radical (unpaired) electrons. The highest BCUT2D eigenvalue weighted by Crippen LogP contribution is 2.25. The number of alkyl halides is 1. The first kappa shape index (κ1) is 17.2. The molecule has 124 valence electrons. The van der Waals surface area contributed by atoms with E-state index < -0.39 is 6.17 Å². The van der Waals surface area contributed by atoms with E-state index in [4.69, 9.17) is 0 Å². The van der Waals surface area contributed by atoms with Gasteiger partial charge in [-0.3, -0.25) is 9.80 Å². The summed E-state index contributed by atoms with van der Waals surface area (Å²) < 4.78 is 14.3. The fourth-order valence-corrected chi connectivity index (χ4v) is 3.62. The molecule has 2 heterocycles. The topological polar surface area (TPSA) is 9.72 Å². The van der Waals surface area contributed by atoms with Gasteiger partial charge in [0.15, 0.2) is 0 Å². The third kappa shape index (κ3) is 4.90. The minimum Gasteiger partial charge on any atom is -0.301 e. The molecule has 3 nitrogen and oxygen atoms in total. The van der Waals surface area contributed by atoms with Crippen LogP contribution in [0, 0.1) is 5.92 Å². The van der Waals surface area contributed by atoms with Crippen molar-refractivity contribution in [1.29, 1.82) is 0 Å². The van der Waals surface area contributed by atoms with Crippen LogP contribution < -0.4 is 0 Å². The molecular formula is C17H34FN3. The van der Waals surface area contributed by atoms with Crippen LogP contribution in [0.1, 0.15) is 40.5 Å². The fourth-order valence-electron chi connectivity index (χ4n) is 3.62. The average molecular weight is 299 g/mol. The van der Waals surface area contributed by atoms with Crippen LogP contribution in [0.4, 0.5) is 4.39 Å². The van der Waals surface area contributed by atoms with Crippen LogP contribution in [-0.4, -0.2) is 78.8 Å². The number of nitrogens with zero attached hydrogens (tertiary/aromatic N) is 3. The summed E-state index contributed by atoms with van der Waals surface area (Å²) in [5.41, 5.74) is 0. The zero-order valence-electron chi connectivity index (χ0n) is 14.4. The van der Waals surface area contributed by atoms with Crippen molar-refractivity contribution in [3.05, 3.63) is 0 Å². The predicted molar refractivity (Wildman–Crippen MR) is 87.5 cm³/mol. The van der Waals surface area contributed by atoms with Gasteiger partial charge in [-0.05, 0) is 59.5 Å². The largest absolute Gasteiger partial charge is 0.301 e. The number of likely N-dealkylation sites (tertiary alicyclic amines) is 1. The lowest BCUT2D eigenvalue weighted by Crippen LogP contribution is -2.50. The maximum atomic E-state index is 14.3. The zero-order valence-corrected chi connectivity index (χ0v) is 14.4. The van der Waals surface area contributed by atoms with Gasteiger partial charge in [0.1, 0.15) is 6.17 Å². The van der Waals surface area contributed by atoms with Crippen molar-refractivity contribution in [2.45, 2.75) is 58.8 Å². The highest BCUT2D eigenvalue weighted by atomic mass is 19.1. The normalized spacial score (nSPS) is 30.4. The van der Waals surface area contributed by atoms with Crippen molar-refractivity contribution in [3.8, 4) is 0 Å². The van der Waals surface area contributed by atoms with Gasteiger partial charge < -0.3 is 4.90 Å². The van der Waals surface area contributed by atoms with E-state index in [1.165, 1.54) is 13.1 Å². The Morgan fingerprint density at radius 2 is 1.52 bits per heavy atom. The lowest BCUT2D eigenvalue weighted by atomic mass is 9.91. The molecule has 2 rings (SSSR count). The van der Waals surface area contributed by atoms with E-state index >= 15 is 0 Å². The highest BCUT2D eigenvalue weighted by molar-refractivity contribution is 4.83. The molecule has 21 heavy (non-hydrogen) atoms. The van der Waals surface area contributed by atoms with E-state index in [0.717, 1.165) is 39.0 Å². The molecule has 0 spiro atoms. The van der Waals surface area contributed by atoms with Gasteiger partial charge in [-0.2, -0.15) is 0 Å². The highest BCUT2D eigenvalue weighted by Gasteiger charge is 2.30. The monoisotopic (exact) mass is 299 g/mol. The van der Waals surface area contributed by atoms with Gasteiger partial charge in [0.25, 0.3) is 0 Å². The third-order valence-corrected chi connectivity index (χ3v) is 5.39. The molecule has 0 aliphatic carbocycles. The first-order chi connectivity index (χ1) is 9.97. The Balaban J connectivity index is 1.67. The Labute approximate surface area is 130 Å². The average Bonchev–Trinajstić information content (AvgIpc) is 2.46. The number of piperazine rings is 1. The van der Waals surface area contributed by atoms with Gasteiger partial charge >= 0.3 is 0 Å². The van der Waals surface area contributed by atoms with Gasteiger partial charge in [-0.15, -0.1) is 0 Å². The maximum Gasteiger partial charge on any atom is 0.116 e. The first-order valence-electron chi connectivity index (χ1n) is 8.82. The fraction of sp³-hybridized carbons (Fsp3) is 1.00. The summed E-state index contributed by atoms with van der Waals surface area (Å²) in [6.07, 6.45) is 1.44. The molecule has 0 bridgehead atoms. The molecule has 0 aromatic heterocycles. The summed E-state index contributed by atoms with van der Waals surface area (Å²) >= 11 is 0. The van der Waals surface area contributed by atoms with Crippen LogP contribution >= 0.6 is 0 Å². The Hall–Kier alpha value is -0.190. The van der Waals surface area contributed by atoms with Crippen LogP contribution in [0.5, 0.6) is 0 Å². The van der Waals surface area contributed by atoms with Crippen molar-refractivity contribution in [1.82, 2.24) is 14.7 Å². The molecule has 2 aliphatic heterocycles.